The lowest BCUT2D eigenvalue weighted by atomic mass is 9.98. The van der Waals surface area contributed by atoms with Gasteiger partial charge in [0.2, 0.25) is 5.91 Å². The van der Waals surface area contributed by atoms with Crippen LogP contribution in [0.1, 0.15) is 42.9 Å². The molecule has 1 saturated carbocycles. The third-order valence-corrected chi connectivity index (χ3v) is 5.80. The van der Waals surface area contributed by atoms with Crippen molar-refractivity contribution in [2.45, 2.75) is 38.1 Å². The van der Waals surface area contributed by atoms with Crippen LogP contribution in [0.15, 0.2) is 48.5 Å². The summed E-state index contributed by atoms with van der Waals surface area (Å²) in [5.41, 5.74) is 4.84. The predicted octanol–water partition coefficient (Wildman–Crippen LogP) is 3.96. The van der Waals surface area contributed by atoms with Crippen molar-refractivity contribution in [2.75, 3.05) is 0 Å². The largest absolute Gasteiger partial charge is 0.481 e. The molecule has 1 unspecified atom stereocenters. The first-order valence-electron chi connectivity index (χ1n) is 9.33. The van der Waals surface area contributed by atoms with Gasteiger partial charge >= 0.3 is 5.97 Å². The first-order valence-corrected chi connectivity index (χ1v) is 9.33. The van der Waals surface area contributed by atoms with Crippen LogP contribution in [-0.2, 0) is 16.0 Å². The van der Waals surface area contributed by atoms with Gasteiger partial charge in [-0.1, -0.05) is 42.5 Å². The number of amides is 1. The van der Waals surface area contributed by atoms with Gasteiger partial charge in [-0.25, -0.2) is 0 Å². The molecule has 0 aliphatic heterocycles. The molecule has 26 heavy (non-hydrogen) atoms. The number of fused-ring (bicyclic) bond motifs is 1. The van der Waals surface area contributed by atoms with Gasteiger partial charge in [0.1, 0.15) is 0 Å². The number of nitrogens with one attached hydrogen (secondary N) is 1. The zero-order valence-corrected chi connectivity index (χ0v) is 14.7. The van der Waals surface area contributed by atoms with Crippen molar-refractivity contribution < 1.29 is 14.7 Å². The lowest BCUT2D eigenvalue weighted by molar-refractivity contribution is -0.141. The molecular weight excluding hydrogens is 326 g/mol. The number of hydrogen-bond donors (Lipinski definition) is 2. The Kier molecular flexibility index (Phi) is 4.49. The fourth-order valence-corrected chi connectivity index (χ4v) is 4.30. The summed E-state index contributed by atoms with van der Waals surface area (Å²) in [7, 11) is 0. The molecule has 4 rings (SSSR count). The van der Waals surface area contributed by atoms with Gasteiger partial charge in [-0.15, -0.1) is 0 Å². The minimum Gasteiger partial charge on any atom is -0.481 e. The van der Waals surface area contributed by atoms with Crippen LogP contribution >= 0.6 is 0 Å². The number of hydrogen-bond acceptors (Lipinski definition) is 2. The number of benzene rings is 2. The van der Waals surface area contributed by atoms with Crippen molar-refractivity contribution in [3.05, 3.63) is 59.7 Å². The molecule has 2 aliphatic carbocycles. The molecule has 1 fully saturated rings. The monoisotopic (exact) mass is 349 g/mol. The molecular formula is C22H23NO3. The summed E-state index contributed by atoms with van der Waals surface area (Å²) in [4.78, 5) is 23.7. The molecule has 0 radical (unpaired) electrons. The van der Waals surface area contributed by atoms with E-state index in [1.807, 2.05) is 18.2 Å². The average Bonchev–Trinajstić information content (AvgIpc) is 3.30. The van der Waals surface area contributed by atoms with E-state index in [1.54, 1.807) is 0 Å². The molecule has 0 aromatic heterocycles. The predicted molar refractivity (Wildman–Crippen MR) is 99.5 cm³/mol. The Morgan fingerprint density at radius 3 is 2.42 bits per heavy atom. The van der Waals surface area contributed by atoms with E-state index >= 15 is 0 Å². The number of rotatable bonds is 4. The fourth-order valence-electron chi connectivity index (χ4n) is 4.30. The zero-order chi connectivity index (χ0) is 18.1. The smallest absolute Gasteiger partial charge is 0.306 e. The summed E-state index contributed by atoms with van der Waals surface area (Å²) in [5, 5.41) is 12.3. The van der Waals surface area contributed by atoms with Crippen molar-refractivity contribution in [1.29, 1.82) is 0 Å². The number of carboxylic acid groups (broad SMARTS) is 1. The van der Waals surface area contributed by atoms with Crippen LogP contribution in [0.4, 0.5) is 0 Å². The van der Waals surface area contributed by atoms with Crippen molar-refractivity contribution in [3.63, 3.8) is 0 Å². The van der Waals surface area contributed by atoms with E-state index in [0.717, 1.165) is 18.4 Å². The van der Waals surface area contributed by atoms with E-state index in [9.17, 15) is 9.59 Å². The van der Waals surface area contributed by atoms with Gasteiger partial charge in [-0.3, -0.25) is 9.59 Å². The van der Waals surface area contributed by atoms with Gasteiger partial charge in [-0.2, -0.15) is 0 Å². The van der Waals surface area contributed by atoms with Gasteiger partial charge < -0.3 is 10.4 Å². The summed E-state index contributed by atoms with van der Waals surface area (Å²) in [5.74, 6) is -1.31. The van der Waals surface area contributed by atoms with Crippen molar-refractivity contribution >= 4 is 11.9 Å². The van der Waals surface area contributed by atoms with Crippen LogP contribution in [0.25, 0.3) is 11.1 Å². The molecule has 2 N–H and O–H groups in total. The minimum atomic E-state index is -0.779. The van der Waals surface area contributed by atoms with Crippen molar-refractivity contribution in [1.82, 2.24) is 5.32 Å². The highest BCUT2D eigenvalue weighted by Gasteiger charge is 2.35. The second-order valence-corrected chi connectivity index (χ2v) is 7.42. The fraction of sp³-hybridized carbons (Fsp3) is 0.364. The Balaban J connectivity index is 1.49. The third kappa shape index (κ3) is 3.24. The topological polar surface area (TPSA) is 66.4 Å². The second kappa shape index (κ2) is 6.94. The summed E-state index contributed by atoms with van der Waals surface area (Å²) < 4.78 is 0. The highest BCUT2D eigenvalue weighted by Crippen LogP contribution is 2.36. The normalized spacial score (nSPS) is 24.2. The van der Waals surface area contributed by atoms with Crippen LogP contribution in [0.3, 0.4) is 0 Å². The number of carboxylic acids is 1. The first-order chi connectivity index (χ1) is 12.6. The quantitative estimate of drug-likeness (QED) is 0.878. The molecule has 1 amide bonds. The molecule has 0 spiro atoms. The maximum atomic E-state index is 12.6. The Hall–Kier alpha value is -2.62. The summed E-state index contributed by atoms with van der Waals surface area (Å²) in [6, 6.07) is 16.8. The number of carbonyl (C=O) groups excluding carboxylic acids is 1. The maximum absolute atomic E-state index is 12.6. The standard InChI is InChI=1S/C22H23NO3/c24-21(17-8-9-18(12-17)22(25)26)23-20-11-10-15-6-7-16(13-19(15)20)14-4-2-1-3-5-14/h1-7,13,17-18,20H,8-12H2,(H,23,24)(H,25,26)/t17-,18+,20?/m0/s1. The molecule has 2 aromatic rings. The van der Waals surface area contributed by atoms with Gasteiger partial charge in [0.15, 0.2) is 0 Å². The molecule has 0 bridgehead atoms. The maximum Gasteiger partial charge on any atom is 0.306 e. The highest BCUT2D eigenvalue weighted by molar-refractivity contribution is 5.81. The molecule has 134 valence electrons. The zero-order valence-electron chi connectivity index (χ0n) is 14.7. The minimum absolute atomic E-state index is 0.0108. The Morgan fingerprint density at radius 2 is 1.69 bits per heavy atom. The Bertz CT molecular complexity index is 831. The lowest BCUT2D eigenvalue weighted by Gasteiger charge is -2.18. The van der Waals surface area contributed by atoms with E-state index < -0.39 is 5.97 Å². The van der Waals surface area contributed by atoms with Crippen molar-refractivity contribution in [2.24, 2.45) is 11.8 Å². The molecule has 2 aromatic carbocycles. The second-order valence-electron chi connectivity index (χ2n) is 7.42. The highest BCUT2D eigenvalue weighted by atomic mass is 16.4. The molecule has 4 heteroatoms. The first kappa shape index (κ1) is 16.8. The van der Waals surface area contributed by atoms with Gasteiger partial charge in [0.05, 0.1) is 12.0 Å². The van der Waals surface area contributed by atoms with E-state index in [1.165, 1.54) is 16.7 Å². The lowest BCUT2D eigenvalue weighted by Crippen LogP contribution is -2.32. The number of aryl methyl sites for hydroxylation is 1. The Morgan fingerprint density at radius 1 is 0.923 bits per heavy atom. The van der Waals surface area contributed by atoms with Crippen LogP contribution in [-0.4, -0.2) is 17.0 Å². The SMILES string of the molecule is O=C(O)[C@@H]1CC[C@H](C(=O)NC2CCc3ccc(-c4ccccc4)cc32)C1. The van der Waals surface area contributed by atoms with Crippen molar-refractivity contribution in [3.8, 4) is 11.1 Å². The van der Waals surface area contributed by atoms with Crippen LogP contribution < -0.4 is 5.32 Å². The number of aliphatic carboxylic acids is 1. The molecule has 0 saturated heterocycles. The average molecular weight is 349 g/mol. The van der Waals surface area contributed by atoms with E-state index in [-0.39, 0.29) is 23.8 Å². The third-order valence-electron chi connectivity index (χ3n) is 5.80. The van der Waals surface area contributed by atoms with Crippen LogP contribution in [0.2, 0.25) is 0 Å². The van der Waals surface area contributed by atoms with Gasteiger partial charge in [-0.05, 0) is 60.4 Å². The van der Waals surface area contributed by atoms with E-state index in [4.69, 9.17) is 5.11 Å². The van der Waals surface area contributed by atoms with Gasteiger partial charge in [0.25, 0.3) is 0 Å². The Labute approximate surface area is 153 Å². The van der Waals surface area contributed by atoms with Crippen LogP contribution in [0, 0.1) is 11.8 Å². The summed E-state index contributed by atoms with van der Waals surface area (Å²) >= 11 is 0. The number of carbonyl (C=O) groups is 2. The van der Waals surface area contributed by atoms with Crippen LogP contribution in [0.5, 0.6) is 0 Å². The summed E-state index contributed by atoms with van der Waals surface area (Å²) in [6.45, 7) is 0. The van der Waals surface area contributed by atoms with E-state index in [0.29, 0.717) is 19.3 Å². The molecule has 0 heterocycles. The van der Waals surface area contributed by atoms with E-state index in [2.05, 4.69) is 35.6 Å². The molecule has 4 nitrogen and oxygen atoms in total. The molecule has 2 aliphatic rings. The molecule has 3 atom stereocenters. The summed E-state index contributed by atoms with van der Waals surface area (Å²) in [6.07, 6.45) is 3.62. The van der Waals surface area contributed by atoms with Gasteiger partial charge in [0, 0.05) is 5.92 Å².